The molecule has 1 aromatic rings. The van der Waals surface area contributed by atoms with Gasteiger partial charge in [0, 0.05) is 0 Å². The van der Waals surface area contributed by atoms with E-state index in [2.05, 4.69) is 5.32 Å². The Morgan fingerprint density at radius 2 is 2.00 bits per heavy atom. The van der Waals surface area contributed by atoms with Crippen LogP contribution in [-0.4, -0.2) is 18.4 Å². The summed E-state index contributed by atoms with van der Waals surface area (Å²) in [4.78, 5) is 21.8. The third-order valence-electron chi connectivity index (χ3n) is 2.07. The highest BCUT2D eigenvalue weighted by Gasteiger charge is 2.05. The molecule has 0 saturated heterocycles. The fourth-order valence-electron chi connectivity index (χ4n) is 1.23. The van der Waals surface area contributed by atoms with Gasteiger partial charge in [0.1, 0.15) is 0 Å². The van der Waals surface area contributed by atoms with Gasteiger partial charge < -0.3 is 11.1 Å². The van der Waals surface area contributed by atoms with Gasteiger partial charge in [-0.25, -0.2) is 0 Å². The maximum absolute atomic E-state index is 11.4. The van der Waals surface area contributed by atoms with Crippen LogP contribution in [0, 0.1) is 6.92 Å². The van der Waals surface area contributed by atoms with Gasteiger partial charge in [0.15, 0.2) is 0 Å². The Bertz CT molecular complexity index is 375. The van der Waals surface area contributed by atoms with Gasteiger partial charge in [0.25, 0.3) is 0 Å². The van der Waals surface area contributed by atoms with Crippen molar-refractivity contribution in [1.29, 1.82) is 0 Å². The predicted molar refractivity (Wildman–Crippen MR) is 57.1 cm³/mol. The van der Waals surface area contributed by atoms with Crippen LogP contribution in [0.25, 0.3) is 0 Å². The molecule has 4 nitrogen and oxygen atoms in total. The van der Waals surface area contributed by atoms with Crippen LogP contribution in [0.1, 0.15) is 11.1 Å². The van der Waals surface area contributed by atoms with Crippen LogP contribution in [-0.2, 0) is 16.0 Å². The number of carbonyl (C=O) groups excluding carboxylic acids is 2. The Morgan fingerprint density at radius 3 is 2.60 bits per heavy atom. The first-order valence-electron chi connectivity index (χ1n) is 4.69. The van der Waals surface area contributed by atoms with E-state index < -0.39 is 5.91 Å². The van der Waals surface area contributed by atoms with E-state index in [0.29, 0.717) is 0 Å². The minimum Gasteiger partial charge on any atom is -0.368 e. The maximum atomic E-state index is 11.4. The molecule has 1 rings (SSSR count). The van der Waals surface area contributed by atoms with Crippen molar-refractivity contribution < 1.29 is 9.59 Å². The zero-order valence-corrected chi connectivity index (χ0v) is 8.62. The highest BCUT2D eigenvalue weighted by molar-refractivity contribution is 5.84. The van der Waals surface area contributed by atoms with Crippen molar-refractivity contribution in [1.82, 2.24) is 5.32 Å². The summed E-state index contributed by atoms with van der Waals surface area (Å²) in [7, 11) is 0. The Balaban J connectivity index is 2.52. The molecule has 0 bridgehead atoms. The van der Waals surface area contributed by atoms with E-state index in [1.165, 1.54) is 0 Å². The molecule has 15 heavy (non-hydrogen) atoms. The van der Waals surface area contributed by atoms with Gasteiger partial charge in [-0.1, -0.05) is 24.3 Å². The van der Waals surface area contributed by atoms with Crippen LogP contribution >= 0.6 is 0 Å². The molecule has 0 spiro atoms. The molecule has 4 heteroatoms. The molecule has 0 aliphatic rings. The summed E-state index contributed by atoms with van der Waals surface area (Å²) in [6.07, 6.45) is 0.278. The van der Waals surface area contributed by atoms with E-state index >= 15 is 0 Å². The first-order chi connectivity index (χ1) is 7.09. The molecule has 0 unspecified atom stereocenters. The van der Waals surface area contributed by atoms with E-state index in [1.807, 2.05) is 31.2 Å². The molecule has 0 fully saturated rings. The second-order valence-corrected chi connectivity index (χ2v) is 3.35. The predicted octanol–water partition coefficient (Wildman–Crippen LogP) is 0.139. The fraction of sp³-hybridized carbons (Fsp3) is 0.273. The lowest BCUT2D eigenvalue weighted by Crippen LogP contribution is -2.34. The summed E-state index contributed by atoms with van der Waals surface area (Å²) in [6, 6.07) is 7.62. The quantitative estimate of drug-likeness (QED) is 0.735. The molecular formula is C11H14N2O2. The minimum atomic E-state index is -0.534. The van der Waals surface area contributed by atoms with Crippen LogP contribution < -0.4 is 11.1 Å². The molecule has 1 aromatic carbocycles. The second-order valence-electron chi connectivity index (χ2n) is 3.35. The van der Waals surface area contributed by atoms with E-state index in [9.17, 15) is 9.59 Å². The Kier molecular flexibility index (Phi) is 3.85. The highest BCUT2D eigenvalue weighted by atomic mass is 16.2. The number of benzene rings is 1. The number of hydrogen-bond acceptors (Lipinski definition) is 2. The second kappa shape index (κ2) is 5.14. The van der Waals surface area contributed by atoms with Gasteiger partial charge in [0.2, 0.25) is 11.8 Å². The van der Waals surface area contributed by atoms with Crippen LogP contribution in [0.3, 0.4) is 0 Å². The lowest BCUT2D eigenvalue weighted by Gasteiger charge is -2.05. The molecule has 0 atom stereocenters. The number of rotatable bonds is 4. The van der Waals surface area contributed by atoms with E-state index in [0.717, 1.165) is 11.1 Å². The maximum Gasteiger partial charge on any atom is 0.236 e. The molecule has 0 radical (unpaired) electrons. The topological polar surface area (TPSA) is 72.2 Å². The summed E-state index contributed by atoms with van der Waals surface area (Å²) in [6.45, 7) is 1.83. The minimum absolute atomic E-state index is 0.106. The standard InChI is InChI=1S/C11H14N2O2/c1-8-4-2-3-5-9(8)6-11(15)13-7-10(12)14/h2-5H,6-7H2,1H3,(H2,12,14)(H,13,15). The molecule has 80 valence electrons. The molecular weight excluding hydrogens is 192 g/mol. The fourth-order valence-corrected chi connectivity index (χ4v) is 1.23. The smallest absolute Gasteiger partial charge is 0.236 e. The summed E-state index contributed by atoms with van der Waals surface area (Å²) in [5.74, 6) is -0.726. The van der Waals surface area contributed by atoms with Crippen molar-refractivity contribution in [3.8, 4) is 0 Å². The summed E-state index contributed by atoms with van der Waals surface area (Å²) >= 11 is 0. The van der Waals surface area contributed by atoms with Crippen LogP contribution in [0.2, 0.25) is 0 Å². The number of amides is 2. The van der Waals surface area contributed by atoms with Crippen LogP contribution in [0.15, 0.2) is 24.3 Å². The SMILES string of the molecule is Cc1ccccc1CC(=O)NCC(N)=O. The van der Waals surface area contributed by atoms with Crippen molar-refractivity contribution in [2.45, 2.75) is 13.3 Å². The van der Waals surface area contributed by atoms with Crippen LogP contribution in [0.4, 0.5) is 0 Å². The zero-order valence-electron chi connectivity index (χ0n) is 8.62. The van der Waals surface area contributed by atoms with Crippen molar-refractivity contribution >= 4 is 11.8 Å². The van der Waals surface area contributed by atoms with Gasteiger partial charge in [-0.05, 0) is 18.1 Å². The van der Waals surface area contributed by atoms with Crippen molar-refractivity contribution in [2.75, 3.05) is 6.54 Å². The summed E-state index contributed by atoms with van der Waals surface area (Å²) in [5, 5.41) is 2.44. The van der Waals surface area contributed by atoms with Crippen molar-refractivity contribution in [3.05, 3.63) is 35.4 Å². The largest absolute Gasteiger partial charge is 0.368 e. The summed E-state index contributed by atoms with van der Waals surface area (Å²) in [5.41, 5.74) is 6.93. The Morgan fingerprint density at radius 1 is 1.33 bits per heavy atom. The van der Waals surface area contributed by atoms with Gasteiger partial charge >= 0.3 is 0 Å². The average Bonchev–Trinajstić information content (AvgIpc) is 2.18. The number of primary amides is 1. The van der Waals surface area contributed by atoms with Gasteiger partial charge in [0.05, 0.1) is 13.0 Å². The molecule has 2 amide bonds. The number of aryl methyl sites for hydroxylation is 1. The number of nitrogens with two attached hydrogens (primary N) is 1. The molecule has 0 aromatic heterocycles. The zero-order chi connectivity index (χ0) is 11.3. The lowest BCUT2D eigenvalue weighted by molar-refractivity contribution is -0.124. The van der Waals surface area contributed by atoms with Crippen molar-refractivity contribution in [2.24, 2.45) is 5.73 Å². The van der Waals surface area contributed by atoms with E-state index in [4.69, 9.17) is 5.73 Å². The van der Waals surface area contributed by atoms with Crippen LogP contribution in [0.5, 0.6) is 0 Å². The van der Waals surface area contributed by atoms with Gasteiger partial charge in [-0.15, -0.1) is 0 Å². The molecule has 0 saturated carbocycles. The van der Waals surface area contributed by atoms with E-state index in [1.54, 1.807) is 0 Å². The third kappa shape index (κ3) is 3.81. The normalized spacial score (nSPS) is 9.67. The molecule has 3 N–H and O–H groups in total. The summed E-state index contributed by atoms with van der Waals surface area (Å²) < 4.78 is 0. The highest BCUT2D eigenvalue weighted by Crippen LogP contribution is 2.07. The number of carbonyl (C=O) groups is 2. The first-order valence-corrected chi connectivity index (χ1v) is 4.69. The lowest BCUT2D eigenvalue weighted by atomic mass is 10.1. The number of hydrogen-bond donors (Lipinski definition) is 2. The third-order valence-corrected chi connectivity index (χ3v) is 2.07. The van der Waals surface area contributed by atoms with E-state index in [-0.39, 0.29) is 18.9 Å². The molecule has 0 heterocycles. The molecule has 0 aliphatic heterocycles. The molecule has 0 aliphatic carbocycles. The average molecular weight is 206 g/mol. The Labute approximate surface area is 88.5 Å². The van der Waals surface area contributed by atoms with Gasteiger partial charge in [-0.2, -0.15) is 0 Å². The van der Waals surface area contributed by atoms with Crippen molar-refractivity contribution in [3.63, 3.8) is 0 Å². The number of nitrogens with one attached hydrogen (secondary N) is 1. The Hall–Kier alpha value is -1.84. The monoisotopic (exact) mass is 206 g/mol. The first kappa shape index (κ1) is 11.2. The van der Waals surface area contributed by atoms with Gasteiger partial charge in [-0.3, -0.25) is 9.59 Å².